The standard InChI is InChI=1S/C17H24N2O2/c1-12-9-10-16(21-12)17(13(2)18)19(3)11-14-7-5-6-8-15(14)20-4/h5-10,13,17H,11,18H2,1-4H3. The molecule has 1 aromatic heterocycles. The van der Waals surface area contributed by atoms with Crippen molar-refractivity contribution in [1.82, 2.24) is 4.90 Å². The molecule has 0 aliphatic carbocycles. The molecule has 0 bridgehead atoms. The number of ether oxygens (including phenoxy) is 1. The van der Waals surface area contributed by atoms with Gasteiger partial charge < -0.3 is 14.9 Å². The number of hydrogen-bond acceptors (Lipinski definition) is 4. The van der Waals surface area contributed by atoms with E-state index in [0.29, 0.717) is 0 Å². The molecule has 2 atom stereocenters. The van der Waals surface area contributed by atoms with Crippen molar-refractivity contribution in [3.63, 3.8) is 0 Å². The summed E-state index contributed by atoms with van der Waals surface area (Å²) in [4.78, 5) is 2.20. The highest BCUT2D eigenvalue weighted by atomic mass is 16.5. The van der Waals surface area contributed by atoms with Crippen LogP contribution in [0.3, 0.4) is 0 Å². The van der Waals surface area contributed by atoms with Crippen molar-refractivity contribution < 1.29 is 9.15 Å². The van der Waals surface area contributed by atoms with Crippen molar-refractivity contribution in [2.24, 2.45) is 5.73 Å². The molecule has 114 valence electrons. The van der Waals surface area contributed by atoms with E-state index in [1.165, 1.54) is 0 Å². The second-order valence-electron chi connectivity index (χ2n) is 5.48. The number of nitrogens with two attached hydrogens (primary N) is 1. The Bertz CT molecular complexity index is 578. The summed E-state index contributed by atoms with van der Waals surface area (Å²) < 4.78 is 11.2. The molecule has 0 aliphatic heterocycles. The molecular formula is C17H24N2O2. The Morgan fingerprint density at radius 1 is 1.24 bits per heavy atom. The molecular weight excluding hydrogens is 264 g/mol. The zero-order valence-electron chi connectivity index (χ0n) is 13.2. The average Bonchev–Trinajstić information content (AvgIpc) is 2.85. The molecule has 0 fully saturated rings. The third-order valence-corrected chi connectivity index (χ3v) is 3.64. The first-order valence-corrected chi connectivity index (χ1v) is 7.17. The van der Waals surface area contributed by atoms with Gasteiger partial charge in [0.25, 0.3) is 0 Å². The van der Waals surface area contributed by atoms with E-state index in [0.717, 1.165) is 29.4 Å². The third kappa shape index (κ3) is 3.65. The van der Waals surface area contributed by atoms with Gasteiger partial charge in [0.1, 0.15) is 17.3 Å². The number of para-hydroxylation sites is 1. The molecule has 0 saturated carbocycles. The zero-order valence-corrected chi connectivity index (χ0v) is 13.2. The second kappa shape index (κ2) is 6.78. The number of rotatable bonds is 6. The lowest BCUT2D eigenvalue weighted by atomic mass is 10.1. The van der Waals surface area contributed by atoms with Crippen LogP contribution in [0.4, 0.5) is 0 Å². The van der Waals surface area contributed by atoms with Crippen LogP contribution in [0.15, 0.2) is 40.8 Å². The van der Waals surface area contributed by atoms with Gasteiger partial charge in [-0.25, -0.2) is 0 Å². The first-order valence-electron chi connectivity index (χ1n) is 7.17. The monoisotopic (exact) mass is 288 g/mol. The SMILES string of the molecule is COc1ccccc1CN(C)C(c1ccc(C)o1)C(C)N. The number of nitrogens with zero attached hydrogens (tertiary/aromatic N) is 1. The van der Waals surface area contributed by atoms with Crippen molar-refractivity contribution in [2.75, 3.05) is 14.2 Å². The highest BCUT2D eigenvalue weighted by Crippen LogP contribution is 2.28. The smallest absolute Gasteiger partial charge is 0.123 e. The fourth-order valence-electron chi connectivity index (χ4n) is 2.69. The minimum atomic E-state index is -0.0322. The van der Waals surface area contributed by atoms with E-state index >= 15 is 0 Å². The number of hydrogen-bond donors (Lipinski definition) is 1. The molecule has 1 heterocycles. The van der Waals surface area contributed by atoms with Gasteiger partial charge in [-0.3, -0.25) is 4.90 Å². The summed E-state index contributed by atoms with van der Waals surface area (Å²) in [5.41, 5.74) is 7.31. The van der Waals surface area contributed by atoms with Gasteiger partial charge in [-0.2, -0.15) is 0 Å². The number of methoxy groups -OCH3 is 1. The van der Waals surface area contributed by atoms with Crippen LogP contribution in [0, 0.1) is 6.92 Å². The number of furan rings is 1. The van der Waals surface area contributed by atoms with Gasteiger partial charge >= 0.3 is 0 Å². The zero-order chi connectivity index (χ0) is 15.4. The van der Waals surface area contributed by atoms with Crippen LogP contribution in [0.5, 0.6) is 5.75 Å². The van der Waals surface area contributed by atoms with Gasteiger partial charge in [0.15, 0.2) is 0 Å². The molecule has 0 saturated heterocycles. The minimum Gasteiger partial charge on any atom is -0.496 e. The van der Waals surface area contributed by atoms with Crippen LogP contribution in [0.25, 0.3) is 0 Å². The molecule has 2 rings (SSSR count). The molecule has 0 radical (unpaired) electrons. The van der Waals surface area contributed by atoms with Gasteiger partial charge in [-0.15, -0.1) is 0 Å². The highest BCUT2D eigenvalue weighted by Gasteiger charge is 2.24. The number of aryl methyl sites for hydroxylation is 1. The van der Waals surface area contributed by atoms with Crippen molar-refractivity contribution in [3.8, 4) is 5.75 Å². The maximum Gasteiger partial charge on any atom is 0.123 e. The van der Waals surface area contributed by atoms with E-state index in [4.69, 9.17) is 14.9 Å². The summed E-state index contributed by atoms with van der Waals surface area (Å²) >= 11 is 0. The van der Waals surface area contributed by atoms with Gasteiger partial charge in [0.2, 0.25) is 0 Å². The first-order chi connectivity index (χ1) is 10.0. The Morgan fingerprint density at radius 3 is 2.52 bits per heavy atom. The largest absolute Gasteiger partial charge is 0.496 e. The van der Waals surface area contributed by atoms with Gasteiger partial charge in [-0.1, -0.05) is 18.2 Å². The quantitative estimate of drug-likeness (QED) is 0.887. The fourth-order valence-corrected chi connectivity index (χ4v) is 2.69. The number of benzene rings is 1. The second-order valence-corrected chi connectivity index (χ2v) is 5.48. The van der Waals surface area contributed by atoms with Crippen molar-refractivity contribution in [2.45, 2.75) is 32.5 Å². The Kier molecular flexibility index (Phi) is 5.04. The van der Waals surface area contributed by atoms with E-state index in [2.05, 4.69) is 18.0 Å². The predicted molar refractivity (Wildman–Crippen MR) is 84.3 cm³/mol. The van der Waals surface area contributed by atoms with E-state index in [9.17, 15) is 0 Å². The van der Waals surface area contributed by atoms with E-state index < -0.39 is 0 Å². The van der Waals surface area contributed by atoms with Crippen LogP contribution in [0.2, 0.25) is 0 Å². The van der Waals surface area contributed by atoms with E-state index in [1.807, 2.05) is 44.2 Å². The molecule has 4 heteroatoms. The topological polar surface area (TPSA) is 51.6 Å². The molecule has 0 spiro atoms. The molecule has 0 amide bonds. The van der Waals surface area contributed by atoms with Crippen molar-refractivity contribution in [1.29, 1.82) is 0 Å². The maximum absolute atomic E-state index is 6.17. The van der Waals surface area contributed by atoms with Gasteiger partial charge in [-0.05, 0) is 39.1 Å². The lowest BCUT2D eigenvalue weighted by Gasteiger charge is -2.29. The summed E-state index contributed by atoms with van der Waals surface area (Å²) in [6.45, 7) is 4.69. The molecule has 21 heavy (non-hydrogen) atoms. The van der Waals surface area contributed by atoms with Crippen LogP contribution in [0.1, 0.15) is 30.0 Å². The van der Waals surface area contributed by atoms with Gasteiger partial charge in [0, 0.05) is 18.2 Å². The predicted octanol–water partition coefficient (Wildman–Crippen LogP) is 3.12. The first kappa shape index (κ1) is 15.6. The minimum absolute atomic E-state index is 0.0311. The normalized spacial score (nSPS) is 14.2. The van der Waals surface area contributed by atoms with Crippen LogP contribution < -0.4 is 10.5 Å². The Balaban J connectivity index is 2.21. The average molecular weight is 288 g/mol. The number of likely N-dealkylation sites (N-methyl/N-ethyl adjacent to an activating group) is 1. The van der Waals surface area contributed by atoms with Gasteiger partial charge in [0.05, 0.1) is 13.2 Å². The van der Waals surface area contributed by atoms with E-state index in [-0.39, 0.29) is 12.1 Å². The molecule has 0 aliphatic rings. The summed E-state index contributed by atoms with van der Waals surface area (Å²) in [6, 6.07) is 12.0. The lowest BCUT2D eigenvalue weighted by Crippen LogP contribution is -2.36. The van der Waals surface area contributed by atoms with E-state index in [1.54, 1.807) is 7.11 Å². The maximum atomic E-state index is 6.17. The van der Waals surface area contributed by atoms with Crippen LogP contribution >= 0.6 is 0 Å². The van der Waals surface area contributed by atoms with Crippen LogP contribution in [-0.4, -0.2) is 25.1 Å². The molecule has 1 aromatic carbocycles. The summed E-state index contributed by atoms with van der Waals surface area (Å²) in [7, 11) is 3.75. The Labute approximate surface area is 126 Å². The Hall–Kier alpha value is -1.78. The lowest BCUT2D eigenvalue weighted by molar-refractivity contribution is 0.181. The highest BCUT2D eigenvalue weighted by molar-refractivity contribution is 5.33. The molecule has 2 unspecified atom stereocenters. The van der Waals surface area contributed by atoms with Crippen molar-refractivity contribution >= 4 is 0 Å². The van der Waals surface area contributed by atoms with Crippen LogP contribution in [-0.2, 0) is 6.54 Å². The fraction of sp³-hybridized carbons (Fsp3) is 0.412. The molecule has 2 N–H and O–H groups in total. The third-order valence-electron chi connectivity index (χ3n) is 3.64. The molecule has 2 aromatic rings. The van der Waals surface area contributed by atoms with Crippen molar-refractivity contribution in [3.05, 3.63) is 53.5 Å². The molecule has 4 nitrogen and oxygen atoms in total. The summed E-state index contributed by atoms with van der Waals surface area (Å²) in [5, 5.41) is 0. The Morgan fingerprint density at radius 2 is 1.95 bits per heavy atom. The summed E-state index contributed by atoms with van der Waals surface area (Å²) in [5.74, 6) is 2.70. The summed E-state index contributed by atoms with van der Waals surface area (Å²) in [6.07, 6.45) is 0.